The van der Waals surface area contributed by atoms with Crippen LogP contribution in [0.4, 0.5) is 18.0 Å². The van der Waals surface area contributed by atoms with Crippen molar-refractivity contribution in [2.24, 2.45) is 0 Å². The van der Waals surface area contributed by atoms with Crippen LogP contribution in [0, 0.1) is 0 Å². The molecule has 2 rings (SSSR count). The second kappa shape index (κ2) is 7.54. The number of hydrogen-bond donors (Lipinski definition) is 1. The Bertz CT molecular complexity index is 529. The molecule has 1 amide bonds. The first-order chi connectivity index (χ1) is 10.9. The Morgan fingerprint density at radius 3 is 2.65 bits per heavy atom. The first kappa shape index (κ1) is 17.4. The van der Waals surface area contributed by atoms with Crippen molar-refractivity contribution in [2.45, 2.75) is 31.9 Å². The van der Waals surface area contributed by atoms with Crippen molar-refractivity contribution >= 4 is 6.09 Å². The predicted octanol–water partition coefficient (Wildman–Crippen LogP) is 2.91. The number of alkyl halides is 3. The SMILES string of the molecule is CNC(=O)OC1CCN(Cc2cccc(OC(F)(F)F)c2)CC1. The van der Waals surface area contributed by atoms with Gasteiger partial charge in [-0.2, -0.15) is 0 Å². The maximum absolute atomic E-state index is 12.2. The van der Waals surface area contributed by atoms with Crippen LogP contribution in [0.25, 0.3) is 0 Å². The summed E-state index contributed by atoms with van der Waals surface area (Å²) in [5.41, 5.74) is 0.748. The number of ether oxygens (including phenoxy) is 2. The van der Waals surface area contributed by atoms with Gasteiger partial charge in [0.25, 0.3) is 0 Å². The number of amides is 1. The zero-order valence-electron chi connectivity index (χ0n) is 12.7. The topological polar surface area (TPSA) is 50.8 Å². The lowest BCUT2D eigenvalue weighted by molar-refractivity contribution is -0.274. The summed E-state index contributed by atoms with van der Waals surface area (Å²) >= 11 is 0. The van der Waals surface area contributed by atoms with Gasteiger partial charge in [-0.15, -0.1) is 13.2 Å². The summed E-state index contributed by atoms with van der Waals surface area (Å²) in [5, 5.41) is 2.41. The first-order valence-electron chi connectivity index (χ1n) is 7.31. The molecule has 0 unspecified atom stereocenters. The van der Waals surface area contributed by atoms with E-state index in [1.54, 1.807) is 6.07 Å². The number of hydrogen-bond acceptors (Lipinski definition) is 4. The zero-order chi connectivity index (χ0) is 16.9. The number of nitrogens with one attached hydrogen (secondary N) is 1. The number of halogens is 3. The highest BCUT2D eigenvalue weighted by molar-refractivity contribution is 5.66. The minimum Gasteiger partial charge on any atom is -0.446 e. The largest absolute Gasteiger partial charge is 0.573 e. The quantitative estimate of drug-likeness (QED) is 0.921. The summed E-state index contributed by atoms with van der Waals surface area (Å²) in [5.74, 6) is -0.215. The third-order valence-electron chi connectivity index (χ3n) is 3.55. The molecule has 128 valence electrons. The average Bonchev–Trinajstić information content (AvgIpc) is 2.48. The summed E-state index contributed by atoms with van der Waals surface area (Å²) in [6, 6.07) is 5.97. The van der Waals surface area contributed by atoms with Crippen LogP contribution in [0.15, 0.2) is 24.3 Å². The van der Waals surface area contributed by atoms with Gasteiger partial charge in [0, 0.05) is 26.7 Å². The molecule has 1 aromatic carbocycles. The second-order valence-electron chi connectivity index (χ2n) is 5.33. The number of piperidine rings is 1. The molecule has 0 radical (unpaired) electrons. The maximum atomic E-state index is 12.2. The number of carbonyl (C=O) groups is 1. The van der Waals surface area contributed by atoms with E-state index in [-0.39, 0.29) is 11.9 Å². The minimum atomic E-state index is -4.69. The molecule has 1 aliphatic heterocycles. The highest BCUT2D eigenvalue weighted by atomic mass is 19.4. The molecule has 0 aliphatic carbocycles. The van der Waals surface area contributed by atoms with Gasteiger partial charge in [-0.1, -0.05) is 12.1 Å². The molecule has 8 heteroatoms. The molecule has 1 N–H and O–H groups in total. The number of benzene rings is 1. The highest BCUT2D eigenvalue weighted by Gasteiger charge is 2.31. The van der Waals surface area contributed by atoms with Gasteiger partial charge in [0.15, 0.2) is 0 Å². The van der Waals surface area contributed by atoms with Crippen molar-refractivity contribution in [3.05, 3.63) is 29.8 Å². The van der Waals surface area contributed by atoms with E-state index in [0.29, 0.717) is 32.5 Å². The van der Waals surface area contributed by atoms with E-state index in [1.807, 2.05) is 0 Å². The maximum Gasteiger partial charge on any atom is 0.573 e. The molecule has 0 bridgehead atoms. The van der Waals surface area contributed by atoms with Crippen LogP contribution in [0.5, 0.6) is 5.75 Å². The monoisotopic (exact) mass is 332 g/mol. The summed E-state index contributed by atoms with van der Waals surface area (Å²) in [7, 11) is 1.51. The molecular weight excluding hydrogens is 313 g/mol. The van der Waals surface area contributed by atoms with Crippen molar-refractivity contribution in [2.75, 3.05) is 20.1 Å². The van der Waals surface area contributed by atoms with Crippen LogP contribution in [0.2, 0.25) is 0 Å². The third kappa shape index (κ3) is 5.97. The summed E-state index contributed by atoms with van der Waals surface area (Å²) in [6.45, 7) is 1.96. The number of rotatable bonds is 4. The van der Waals surface area contributed by atoms with E-state index in [1.165, 1.54) is 25.2 Å². The Labute approximate surface area is 132 Å². The van der Waals surface area contributed by atoms with Crippen molar-refractivity contribution < 1.29 is 27.4 Å². The molecule has 0 atom stereocenters. The van der Waals surface area contributed by atoms with E-state index in [2.05, 4.69) is 15.0 Å². The molecule has 1 fully saturated rings. The Hall–Kier alpha value is -1.96. The number of likely N-dealkylation sites (tertiary alicyclic amines) is 1. The van der Waals surface area contributed by atoms with Crippen LogP contribution in [-0.2, 0) is 11.3 Å². The van der Waals surface area contributed by atoms with Crippen LogP contribution >= 0.6 is 0 Å². The van der Waals surface area contributed by atoms with Gasteiger partial charge in [0.1, 0.15) is 11.9 Å². The van der Waals surface area contributed by atoms with E-state index in [0.717, 1.165) is 5.56 Å². The van der Waals surface area contributed by atoms with Gasteiger partial charge >= 0.3 is 12.5 Å². The molecule has 0 aromatic heterocycles. The van der Waals surface area contributed by atoms with Gasteiger partial charge in [-0.25, -0.2) is 4.79 Å². The molecule has 1 aromatic rings. The van der Waals surface area contributed by atoms with E-state index in [9.17, 15) is 18.0 Å². The van der Waals surface area contributed by atoms with E-state index >= 15 is 0 Å². The lowest BCUT2D eigenvalue weighted by Gasteiger charge is -2.31. The van der Waals surface area contributed by atoms with Crippen molar-refractivity contribution in [1.29, 1.82) is 0 Å². The van der Waals surface area contributed by atoms with Crippen molar-refractivity contribution in [3.63, 3.8) is 0 Å². The molecule has 0 saturated carbocycles. The molecule has 1 aliphatic rings. The molecule has 5 nitrogen and oxygen atoms in total. The van der Waals surface area contributed by atoms with Gasteiger partial charge in [-0.05, 0) is 30.5 Å². The first-order valence-corrected chi connectivity index (χ1v) is 7.31. The lowest BCUT2D eigenvalue weighted by Crippen LogP contribution is -2.38. The fourth-order valence-electron chi connectivity index (χ4n) is 2.49. The third-order valence-corrected chi connectivity index (χ3v) is 3.55. The Balaban J connectivity index is 1.84. The molecule has 0 spiro atoms. The fraction of sp³-hybridized carbons (Fsp3) is 0.533. The molecule has 1 heterocycles. The summed E-state index contributed by atoms with van der Waals surface area (Å²) in [6.07, 6.45) is -3.85. The summed E-state index contributed by atoms with van der Waals surface area (Å²) in [4.78, 5) is 13.3. The minimum absolute atomic E-state index is 0.119. The smallest absolute Gasteiger partial charge is 0.446 e. The Morgan fingerprint density at radius 1 is 1.35 bits per heavy atom. The van der Waals surface area contributed by atoms with E-state index < -0.39 is 12.5 Å². The molecule has 1 saturated heterocycles. The van der Waals surface area contributed by atoms with E-state index in [4.69, 9.17) is 4.74 Å². The zero-order valence-corrected chi connectivity index (χ0v) is 12.7. The standard InChI is InChI=1S/C15H19F3N2O3/c1-19-14(21)22-12-5-7-20(8-6-12)10-11-3-2-4-13(9-11)23-15(16,17)18/h2-4,9,12H,5-8,10H2,1H3,(H,19,21). The second-order valence-corrected chi connectivity index (χ2v) is 5.33. The van der Waals surface area contributed by atoms with Crippen molar-refractivity contribution in [3.8, 4) is 5.75 Å². The van der Waals surface area contributed by atoms with Gasteiger partial charge in [0.2, 0.25) is 0 Å². The average molecular weight is 332 g/mol. The van der Waals surface area contributed by atoms with Gasteiger partial charge in [-0.3, -0.25) is 4.90 Å². The van der Waals surface area contributed by atoms with Crippen LogP contribution < -0.4 is 10.1 Å². The molecule has 23 heavy (non-hydrogen) atoms. The normalized spacial score (nSPS) is 16.9. The van der Waals surface area contributed by atoms with Crippen LogP contribution in [0.1, 0.15) is 18.4 Å². The predicted molar refractivity (Wildman–Crippen MR) is 77.0 cm³/mol. The number of nitrogens with zero attached hydrogens (tertiary/aromatic N) is 1. The number of carbonyl (C=O) groups excluding carboxylic acids is 1. The highest BCUT2D eigenvalue weighted by Crippen LogP contribution is 2.24. The van der Waals surface area contributed by atoms with Gasteiger partial charge < -0.3 is 14.8 Å². The fourth-order valence-corrected chi connectivity index (χ4v) is 2.49. The van der Waals surface area contributed by atoms with Crippen molar-refractivity contribution in [1.82, 2.24) is 10.2 Å². The Kier molecular flexibility index (Phi) is 5.70. The summed E-state index contributed by atoms with van der Waals surface area (Å²) < 4.78 is 45.8. The Morgan fingerprint density at radius 2 is 2.04 bits per heavy atom. The van der Waals surface area contributed by atoms with Crippen LogP contribution in [0.3, 0.4) is 0 Å². The lowest BCUT2D eigenvalue weighted by atomic mass is 10.1. The van der Waals surface area contributed by atoms with Crippen LogP contribution in [-0.4, -0.2) is 43.6 Å². The number of alkyl carbamates (subject to hydrolysis) is 1. The van der Waals surface area contributed by atoms with Gasteiger partial charge in [0.05, 0.1) is 0 Å². The molecular formula is C15H19F3N2O3.